The van der Waals surface area contributed by atoms with Crippen molar-refractivity contribution < 1.29 is 14.4 Å². The third-order valence-corrected chi connectivity index (χ3v) is 7.38. The number of aromatic nitrogens is 3. The van der Waals surface area contributed by atoms with E-state index in [0.717, 1.165) is 23.9 Å². The van der Waals surface area contributed by atoms with E-state index in [9.17, 15) is 5.11 Å². The van der Waals surface area contributed by atoms with Crippen LogP contribution in [0.25, 0.3) is 16.5 Å². The molecule has 0 radical (unpaired) electrons. The van der Waals surface area contributed by atoms with Crippen LogP contribution in [0, 0.1) is 5.92 Å². The molecule has 6 nitrogen and oxygen atoms in total. The summed E-state index contributed by atoms with van der Waals surface area (Å²) in [6, 6.07) is 8.03. The van der Waals surface area contributed by atoms with E-state index in [1.165, 1.54) is 34.0 Å². The van der Waals surface area contributed by atoms with Crippen molar-refractivity contribution in [2.24, 2.45) is 5.92 Å². The minimum atomic E-state index is 0.137. The minimum Gasteiger partial charge on any atom is -0.492 e. The summed E-state index contributed by atoms with van der Waals surface area (Å²) < 4.78 is 6.93. The predicted molar refractivity (Wildman–Crippen MR) is 105 cm³/mol. The number of thiophene rings is 1. The molecule has 4 aromatic rings. The molecule has 140 valence electrons. The summed E-state index contributed by atoms with van der Waals surface area (Å²) in [6.45, 7) is 4.57. The number of aromatic hydroxyl groups is 1. The number of fused-ring (bicyclic) bond motifs is 1. The first-order chi connectivity index (χ1) is 13.2. The van der Waals surface area contributed by atoms with Gasteiger partial charge in [-0.25, -0.2) is 0 Å². The number of thiazole rings is 1. The van der Waals surface area contributed by atoms with Crippen molar-refractivity contribution in [1.82, 2.24) is 14.6 Å². The number of likely N-dealkylation sites (tertiary alicyclic amines) is 1. The normalized spacial score (nSPS) is 21.7. The van der Waals surface area contributed by atoms with Gasteiger partial charge in [-0.05, 0) is 42.3 Å². The Balaban J connectivity index is 1.56. The van der Waals surface area contributed by atoms with Crippen molar-refractivity contribution in [2.45, 2.75) is 25.8 Å². The molecular weight excluding hydrogens is 380 g/mol. The second kappa shape index (κ2) is 6.78. The standard InChI is InChI=1S/C19H20N4O2S2/c1-12-6-8-22(9-7-12)15(14-5-3-11-26-14)16-18(24)23-19(27-16)20-17(21-23)13-4-2-10-25-13/h2-5,10-12,15,24H,6-9H2,1H3/p+1/t15-/m1/s1. The number of hydrogen-bond acceptors (Lipinski definition) is 6. The molecule has 1 aliphatic heterocycles. The summed E-state index contributed by atoms with van der Waals surface area (Å²) in [7, 11) is 0. The molecule has 0 unspecified atom stereocenters. The van der Waals surface area contributed by atoms with Crippen LogP contribution in [-0.4, -0.2) is 32.8 Å². The zero-order valence-corrected chi connectivity index (χ0v) is 16.6. The summed E-state index contributed by atoms with van der Waals surface area (Å²) in [4.78, 5) is 9.01. The van der Waals surface area contributed by atoms with Crippen molar-refractivity contribution >= 4 is 27.6 Å². The summed E-state index contributed by atoms with van der Waals surface area (Å²) in [6.07, 6.45) is 4.05. The SMILES string of the molecule is CC1CC[NH+]([C@H](c2cccs2)c2sc3nc(-c4ccco4)nn3c2O)CC1. The molecule has 1 aliphatic rings. The lowest BCUT2D eigenvalue weighted by Gasteiger charge is -2.32. The number of nitrogens with zero attached hydrogens (tertiary/aromatic N) is 3. The number of furan rings is 1. The molecule has 1 fully saturated rings. The van der Waals surface area contributed by atoms with Gasteiger partial charge in [0.15, 0.2) is 11.8 Å². The van der Waals surface area contributed by atoms with Crippen LogP contribution in [0.3, 0.4) is 0 Å². The Morgan fingerprint density at radius 2 is 2.15 bits per heavy atom. The maximum atomic E-state index is 11.0. The first-order valence-electron chi connectivity index (χ1n) is 9.21. The molecule has 8 heteroatoms. The van der Waals surface area contributed by atoms with Gasteiger partial charge in [-0.15, -0.1) is 16.4 Å². The van der Waals surface area contributed by atoms with Crippen LogP contribution in [0.4, 0.5) is 0 Å². The fourth-order valence-corrected chi connectivity index (χ4v) is 5.94. The van der Waals surface area contributed by atoms with E-state index in [0.29, 0.717) is 16.5 Å². The fraction of sp³-hybridized carbons (Fsp3) is 0.368. The van der Waals surface area contributed by atoms with Gasteiger partial charge in [0.1, 0.15) is 4.88 Å². The van der Waals surface area contributed by atoms with E-state index in [4.69, 9.17) is 4.42 Å². The number of piperidine rings is 1. The molecular formula is C19H21N4O2S2+. The van der Waals surface area contributed by atoms with Gasteiger partial charge in [-0.3, -0.25) is 0 Å². The van der Waals surface area contributed by atoms with E-state index in [2.05, 4.69) is 34.5 Å². The molecule has 0 aliphatic carbocycles. The lowest BCUT2D eigenvalue weighted by molar-refractivity contribution is -0.930. The Kier molecular flexibility index (Phi) is 4.26. The molecule has 5 rings (SSSR count). The van der Waals surface area contributed by atoms with Crippen molar-refractivity contribution in [3.8, 4) is 17.5 Å². The van der Waals surface area contributed by atoms with Crippen LogP contribution in [0.5, 0.6) is 5.88 Å². The zero-order chi connectivity index (χ0) is 18.4. The Hall–Kier alpha value is -2.16. The quantitative estimate of drug-likeness (QED) is 0.551. The van der Waals surface area contributed by atoms with Gasteiger partial charge in [0, 0.05) is 0 Å². The Morgan fingerprint density at radius 3 is 2.81 bits per heavy atom. The van der Waals surface area contributed by atoms with Crippen molar-refractivity contribution in [2.75, 3.05) is 13.1 Å². The molecule has 0 amide bonds. The summed E-state index contributed by atoms with van der Waals surface area (Å²) in [5.74, 6) is 2.09. The maximum absolute atomic E-state index is 11.0. The van der Waals surface area contributed by atoms with E-state index < -0.39 is 0 Å². The molecule has 0 bridgehead atoms. The molecule has 0 saturated carbocycles. The smallest absolute Gasteiger partial charge is 0.235 e. The lowest BCUT2D eigenvalue weighted by atomic mass is 9.97. The van der Waals surface area contributed by atoms with Gasteiger partial charge in [-0.2, -0.15) is 9.50 Å². The number of nitrogens with one attached hydrogen (secondary N) is 1. The van der Waals surface area contributed by atoms with Gasteiger partial charge in [0.2, 0.25) is 16.7 Å². The summed E-state index contributed by atoms with van der Waals surface area (Å²) in [5, 5.41) is 17.6. The molecule has 1 atom stereocenters. The second-order valence-electron chi connectivity index (χ2n) is 7.19. The summed E-state index contributed by atoms with van der Waals surface area (Å²) in [5.41, 5.74) is 0. The molecule has 0 spiro atoms. The van der Waals surface area contributed by atoms with Crippen LogP contribution in [0.15, 0.2) is 40.3 Å². The molecule has 4 aromatic heterocycles. The maximum Gasteiger partial charge on any atom is 0.235 e. The summed E-state index contributed by atoms with van der Waals surface area (Å²) >= 11 is 3.28. The second-order valence-corrected chi connectivity index (χ2v) is 9.17. The minimum absolute atomic E-state index is 0.137. The van der Waals surface area contributed by atoms with Gasteiger partial charge in [-0.1, -0.05) is 24.3 Å². The molecule has 27 heavy (non-hydrogen) atoms. The Labute approximate surface area is 164 Å². The Morgan fingerprint density at radius 1 is 1.30 bits per heavy atom. The van der Waals surface area contributed by atoms with E-state index >= 15 is 0 Å². The van der Waals surface area contributed by atoms with Gasteiger partial charge in [0.05, 0.1) is 24.2 Å². The van der Waals surface area contributed by atoms with Crippen LogP contribution < -0.4 is 4.90 Å². The average Bonchev–Trinajstić information content (AvgIpc) is 3.44. The molecule has 5 heterocycles. The van der Waals surface area contributed by atoms with Crippen molar-refractivity contribution in [3.05, 3.63) is 45.7 Å². The number of hydrogen-bond donors (Lipinski definition) is 2. The van der Waals surface area contributed by atoms with E-state index in [-0.39, 0.29) is 11.9 Å². The van der Waals surface area contributed by atoms with E-state index in [1.807, 2.05) is 12.1 Å². The fourth-order valence-electron chi connectivity index (χ4n) is 3.84. The first kappa shape index (κ1) is 17.0. The monoisotopic (exact) mass is 401 g/mol. The van der Waals surface area contributed by atoms with Crippen molar-refractivity contribution in [3.63, 3.8) is 0 Å². The highest BCUT2D eigenvalue weighted by Gasteiger charge is 2.35. The third-order valence-electron chi connectivity index (χ3n) is 5.36. The van der Waals surface area contributed by atoms with Crippen LogP contribution in [-0.2, 0) is 0 Å². The lowest BCUT2D eigenvalue weighted by Crippen LogP contribution is -3.13. The third kappa shape index (κ3) is 2.97. The highest BCUT2D eigenvalue weighted by atomic mass is 32.1. The van der Waals surface area contributed by atoms with Gasteiger partial charge < -0.3 is 14.4 Å². The van der Waals surface area contributed by atoms with Gasteiger partial charge >= 0.3 is 0 Å². The topological polar surface area (TPSA) is 68.0 Å². The van der Waals surface area contributed by atoms with Crippen LogP contribution in [0.2, 0.25) is 0 Å². The van der Waals surface area contributed by atoms with Crippen LogP contribution >= 0.6 is 22.7 Å². The van der Waals surface area contributed by atoms with Crippen LogP contribution in [0.1, 0.15) is 35.6 Å². The van der Waals surface area contributed by atoms with Crippen molar-refractivity contribution in [1.29, 1.82) is 0 Å². The largest absolute Gasteiger partial charge is 0.492 e. The average molecular weight is 402 g/mol. The highest BCUT2D eigenvalue weighted by molar-refractivity contribution is 7.17. The number of rotatable bonds is 4. The van der Waals surface area contributed by atoms with Gasteiger partial charge in [0.25, 0.3) is 0 Å². The molecule has 2 N–H and O–H groups in total. The molecule has 0 aromatic carbocycles. The first-order valence-corrected chi connectivity index (χ1v) is 10.9. The number of quaternary nitrogens is 1. The predicted octanol–water partition coefficient (Wildman–Crippen LogP) is 3.22. The van der Waals surface area contributed by atoms with E-state index in [1.54, 1.807) is 22.1 Å². The zero-order valence-electron chi connectivity index (χ0n) is 15.0. The Bertz CT molecular complexity index is 1030. The highest BCUT2D eigenvalue weighted by Crippen LogP contribution is 2.37. The molecule has 1 saturated heterocycles.